The topological polar surface area (TPSA) is 33.0 Å². The highest BCUT2D eigenvalue weighted by molar-refractivity contribution is 6.30. The smallest absolute Gasteiger partial charge is 0.230 e. The molecule has 0 spiro atoms. The molecule has 1 heterocycles. The van der Waals surface area contributed by atoms with Gasteiger partial charge in [0.25, 0.3) is 0 Å². The summed E-state index contributed by atoms with van der Waals surface area (Å²) in [4.78, 5) is 11.8. The third kappa shape index (κ3) is 4.38. The zero-order valence-electron chi connectivity index (χ0n) is 10.8. The molecule has 2 aromatic rings. The molecule has 0 aliphatic heterocycles. The number of pyridine rings is 1. The van der Waals surface area contributed by atoms with Gasteiger partial charge in [-0.2, -0.15) is 0 Å². The van der Waals surface area contributed by atoms with Crippen LogP contribution in [0.2, 0.25) is 5.02 Å². The van der Waals surface area contributed by atoms with Crippen molar-refractivity contribution in [3.63, 3.8) is 0 Å². The lowest BCUT2D eigenvalue weighted by Crippen LogP contribution is -2.34. The Morgan fingerprint density at radius 3 is 2.42 bits per heavy atom. The van der Waals surface area contributed by atoms with Gasteiger partial charge in [0.2, 0.25) is 5.91 Å². The molecule has 98 valence electrons. The van der Waals surface area contributed by atoms with Gasteiger partial charge in [-0.3, -0.25) is 4.79 Å². The fourth-order valence-corrected chi connectivity index (χ4v) is 1.79. The summed E-state index contributed by atoms with van der Waals surface area (Å²) >= 11 is 5.79. The number of amides is 1. The van der Waals surface area contributed by atoms with Crippen molar-refractivity contribution in [1.82, 2.24) is 0 Å². The molecule has 0 unspecified atom stereocenters. The lowest BCUT2D eigenvalue weighted by atomic mass is 10.3. The second-order valence-corrected chi connectivity index (χ2v) is 4.85. The molecule has 1 amide bonds. The number of anilines is 1. The van der Waals surface area contributed by atoms with Crippen molar-refractivity contribution in [3.05, 3.63) is 59.4 Å². The van der Waals surface area contributed by atoms with Crippen LogP contribution in [0.25, 0.3) is 0 Å². The SMILES string of the molecule is Cc1cc[n+](CCC(=O)Nc2ccc(Cl)cc2)cc1. The van der Waals surface area contributed by atoms with E-state index in [0.29, 0.717) is 18.0 Å². The number of benzene rings is 1. The number of rotatable bonds is 4. The zero-order chi connectivity index (χ0) is 13.7. The number of halogens is 1. The standard InChI is InChI=1S/C15H15ClN2O/c1-12-6-9-18(10-7-12)11-8-15(19)17-14-4-2-13(16)3-5-14/h2-7,9-10H,8,11H2,1H3/p+1. The third-order valence-electron chi connectivity index (χ3n) is 2.78. The van der Waals surface area contributed by atoms with Crippen molar-refractivity contribution < 1.29 is 9.36 Å². The number of carbonyl (C=O) groups is 1. The summed E-state index contributed by atoms with van der Waals surface area (Å²) in [5.41, 5.74) is 1.98. The number of hydrogen-bond donors (Lipinski definition) is 1. The maximum Gasteiger partial charge on any atom is 0.230 e. The summed E-state index contributed by atoms with van der Waals surface area (Å²) in [7, 11) is 0. The Kier molecular flexibility index (Phi) is 4.53. The molecule has 0 aliphatic carbocycles. The second-order valence-electron chi connectivity index (χ2n) is 4.42. The third-order valence-corrected chi connectivity index (χ3v) is 3.03. The van der Waals surface area contributed by atoms with E-state index in [1.807, 2.05) is 36.0 Å². The molecule has 0 radical (unpaired) electrons. The van der Waals surface area contributed by atoms with Crippen molar-refractivity contribution in [3.8, 4) is 0 Å². The first-order chi connectivity index (χ1) is 9.13. The highest BCUT2D eigenvalue weighted by atomic mass is 35.5. The Labute approximate surface area is 117 Å². The van der Waals surface area contributed by atoms with Crippen LogP contribution in [0.5, 0.6) is 0 Å². The summed E-state index contributed by atoms with van der Waals surface area (Å²) in [6, 6.07) is 11.1. The Morgan fingerprint density at radius 2 is 1.79 bits per heavy atom. The van der Waals surface area contributed by atoms with Crippen LogP contribution in [0.3, 0.4) is 0 Å². The molecule has 0 atom stereocenters. The number of nitrogens with zero attached hydrogens (tertiary/aromatic N) is 1. The van der Waals surface area contributed by atoms with Gasteiger partial charge in [-0.25, -0.2) is 4.57 Å². The molecule has 1 aromatic heterocycles. The van der Waals surface area contributed by atoms with Gasteiger partial charge in [0.05, 0.1) is 6.42 Å². The predicted molar refractivity (Wildman–Crippen MR) is 76.1 cm³/mol. The fourth-order valence-electron chi connectivity index (χ4n) is 1.67. The van der Waals surface area contributed by atoms with E-state index in [0.717, 1.165) is 5.69 Å². The van der Waals surface area contributed by atoms with Crippen LogP contribution in [-0.2, 0) is 11.3 Å². The Morgan fingerprint density at radius 1 is 1.16 bits per heavy atom. The van der Waals surface area contributed by atoms with E-state index >= 15 is 0 Å². The molecule has 19 heavy (non-hydrogen) atoms. The van der Waals surface area contributed by atoms with Crippen LogP contribution in [0.15, 0.2) is 48.8 Å². The van der Waals surface area contributed by atoms with E-state index in [-0.39, 0.29) is 5.91 Å². The number of nitrogens with one attached hydrogen (secondary N) is 1. The van der Waals surface area contributed by atoms with Crippen molar-refractivity contribution in [2.45, 2.75) is 19.9 Å². The largest absolute Gasteiger partial charge is 0.326 e. The van der Waals surface area contributed by atoms with Gasteiger partial charge in [-0.15, -0.1) is 0 Å². The Bertz CT molecular complexity index is 549. The Hall–Kier alpha value is -1.87. The molecule has 4 heteroatoms. The second kappa shape index (κ2) is 6.34. The number of carbonyl (C=O) groups excluding carboxylic acids is 1. The lowest BCUT2D eigenvalue weighted by Gasteiger charge is -2.03. The summed E-state index contributed by atoms with van der Waals surface area (Å²) in [5.74, 6) is -0.00426. The number of hydrogen-bond acceptors (Lipinski definition) is 1. The summed E-state index contributed by atoms with van der Waals surface area (Å²) < 4.78 is 1.99. The first kappa shape index (κ1) is 13.6. The molecule has 0 fully saturated rings. The molecule has 1 N–H and O–H groups in total. The maximum atomic E-state index is 11.8. The van der Waals surface area contributed by atoms with Crippen molar-refractivity contribution in [2.75, 3.05) is 5.32 Å². The highest BCUT2D eigenvalue weighted by Gasteiger charge is 2.06. The minimum atomic E-state index is -0.00426. The highest BCUT2D eigenvalue weighted by Crippen LogP contribution is 2.13. The van der Waals surface area contributed by atoms with Gasteiger partial charge in [-0.05, 0) is 36.8 Å². The monoisotopic (exact) mass is 275 g/mol. The average molecular weight is 276 g/mol. The summed E-state index contributed by atoms with van der Waals surface area (Å²) in [6.45, 7) is 2.71. The number of aryl methyl sites for hydroxylation is 2. The van der Waals surface area contributed by atoms with Crippen LogP contribution in [0.4, 0.5) is 5.69 Å². The van der Waals surface area contributed by atoms with Gasteiger partial charge >= 0.3 is 0 Å². The summed E-state index contributed by atoms with van der Waals surface area (Å²) in [6.07, 6.45) is 4.40. The van der Waals surface area contributed by atoms with E-state index < -0.39 is 0 Å². The van der Waals surface area contributed by atoms with Crippen LogP contribution < -0.4 is 9.88 Å². The molecule has 0 saturated carbocycles. The molecule has 0 aliphatic rings. The van der Waals surface area contributed by atoms with Gasteiger partial charge < -0.3 is 5.32 Å². The molecule has 0 saturated heterocycles. The van der Waals surface area contributed by atoms with Crippen molar-refractivity contribution in [2.24, 2.45) is 0 Å². The molecule has 0 bridgehead atoms. The van der Waals surface area contributed by atoms with E-state index in [9.17, 15) is 4.79 Å². The van der Waals surface area contributed by atoms with Gasteiger partial charge in [0, 0.05) is 22.8 Å². The van der Waals surface area contributed by atoms with Crippen LogP contribution in [0, 0.1) is 6.92 Å². The van der Waals surface area contributed by atoms with E-state index in [4.69, 9.17) is 11.6 Å². The minimum Gasteiger partial charge on any atom is -0.326 e. The van der Waals surface area contributed by atoms with Crippen LogP contribution in [-0.4, -0.2) is 5.91 Å². The van der Waals surface area contributed by atoms with Gasteiger partial charge in [0.15, 0.2) is 18.9 Å². The lowest BCUT2D eigenvalue weighted by molar-refractivity contribution is -0.695. The summed E-state index contributed by atoms with van der Waals surface area (Å²) in [5, 5.41) is 3.50. The fraction of sp³-hybridized carbons (Fsp3) is 0.200. The van der Waals surface area contributed by atoms with Gasteiger partial charge in [0.1, 0.15) is 0 Å². The van der Waals surface area contributed by atoms with Crippen molar-refractivity contribution in [1.29, 1.82) is 0 Å². The van der Waals surface area contributed by atoms with Gasteiger partial charge in [-0.1, -0.05) is 11.6 Å². The van der Waals surface area contributed by atoms with Crippen LogP contribution >= 0.6 is 11.6 Å². The quantitative estimate of drug-likeness (QED) is 0.855. The van der Waals surface area contributed by atoms with Crippen molar-refractivity contribution >= 4 is 23.2 Å². The molecular formula is C15H16ClN2O+. The molecule has 1 aromatic carbocycles. The van der Waals surface area contributed by atoms with E-state index in [1.54, 1.807) is 24.3 Å². The van der Waals surface area contributed by atoms with E-state index in [2.05, 4.69) is 5.32 Å². The minimum absolute atomic E-state index is 0.00426. The molecule has 3 nitrogen and oxygen atoms in total. The average Bonchev–Trinajstić information content (AvgIpc) is 2.41. The molecular weight excluding hydrogens is 260 g/mol. The van der Waals surface area contributed by atoms with Crippen LogP contribution in [0.1, 0.15) is 12.0 Å². The number of aromatic nitrogens is 1. The molecule has 2 rings (SSSR count). The maximum absolute atomic E-state index is 11.8. The predicted octanol–water partition coefficient (Wildman–Crippen LogP) is 2.96. The zero-order valence-corrected chi connectivity index (χ0v) is 11.5. The van der Waals surface area contributed by atoms with E-state index in [1.165, 1.54) is 5.56 Å². The first-order valence-corrected chi connectivity index (χ1v) is 6.52. The first-order valence-electron chi connectivity index (χ1n) is 6.14. The normalized spacial score (nSPS) is 10.2. The Balaban J connectivity index is 1.84.